The molecule has 4 rings (SSSR count). The number of carbonyl (C=O) groups is 2. The molecule has 7 nitrogen and oxygen atoms in total. The van der Waals surface area contributed by atoms with E-state index in [1.54, 1.807) is 12.1 Å². The number of benzene rings is 2. The molecule has 2 aromatic heterocycles. The molecule has 33 heavy (non-hydrogen) atoms. The Morgan fingerprint density at radius 1 is 1.00 bits per heavy atom. The van der Waals surface area contributed by atoms with E-state index in [-0.39, 0.29) is 35.9 Å². The van der Waals surface area contributed by atoms with Crippen molar-refractivity contribution in [1.82, 2.24) is 9.97 Å². The average molecular weight is 463 g/mol. The number of thiophene rings is 1. The number of rotatable bonds is 10. The van der Waals surface area contributed by atoms with E-state index in [2.05, 4.69) is 9.97 Å². The molecular weight excluding hydrogens is 440 g/mol. The highest BCUT2D eigenvalue weighted by molar-refractivity contribution is 7.16. The maximum absolute atomic E-state index is 12.7. The highest BCUT2D eigenvalue weighted by atomic mass is 32.1. The number of aromatic amines is 1. The average Bonchev–Trinajstić information content (AvgIpc) is 3.23. The second-order valence-electron chi connectivity index (χ2n) is 7.61. The third kappa shape index (κ3) is 5.60. The van der Waals surface area contributed by atoms with E-state index in [1.165, 1.54) is 29.0 Å². The summed E-state index contributed by atoms with van der Waals surface area (Å²) in [4.78, 5) is 43.6. The molecule has 168 valence electrons. The molecule has 0 fully saturated rings. The van der Waals surface area contributed by atoms with Crippen LogP contribution >= 0.6 is 11.3 Å². The zero-order chi connectivity index (χ0) is 23.2. The second kappa shape index (κ2) is 10.3. The van der Waals surface area contributed by atoms with Crippen LogP contribution in [0, 0.1) is 0 Å². The number of hydrogen-bond donors (Lipinski definition) is 2. The smallest absolute Gasteiger partial charge is 0.335 e. The van der Waals surface area contributed by atoms with Gasteiger partial charge in [-0.1, -0.05) is 42.5 Å². The number of nitrogens with one attached hydrogen (secondary N) is 1. The van der Waals surface area contributed by atoms with Crippen molar-refractivity contribution >= 4 is 33.3 Å². The summed E-state index contributed by atoms with van der Waals surface area (Å²) in [6.07, 6.45) is 1.78. The SMILES string of the molecule is O=C(O)c1ccc(COCc2csc3nc(C(=O)CCCc4ccccc4)[nH]c(=O)c23)cc1. The van der Waals surface area contributed by atoms with Gasteiger partial charge in [0.25, 0.3) is 5.56 Å². The Morgan fingerprint density at radius 2 is 1.76 bits per heavy atom. The number of fused-ring (bicyclic) bond motifs is 1. The van der Waals surface area contributed by atoms with Crippen molar-refractivity contribution in [2.75, 3.05) is 0 Å². The van der Waals surface area contributed by atoms with Crippen LogP contribution in [0.4, 0.5) is 0 Å². The van der Waals surface area contributed by atoms with Gasteiger partial charge in [0.05, 0.1) is 24.2 Å². The maximum atomic E-state index is 12.7. The highest BCUT2D eigenvalue weighted by Crippen LogP contribution is 2.22. The van der Waals surface area contributed by atoms with Crippen molar-refractivity contribution in [3.63, 3.8) is 0 Å². The lowest BCUT2D eigenvalue weighted by Gasteiger charge is -2.05. The van der Waals surface area contributed by atoms with Crippen LogP contribution in [0.2, 0.25) is 0 Å². The van der Waals surface area contributed by atoms with E-state index < -0.39 is 5.97 Å². The summed E-state index contributed by atoms with van der Waals surface area (Å²) in [6.45, 7) is 0.483. The van der Waals surface area contributed by atoms with Crippen molar-refractivity contribution < 1.29 is 19.4 Å². The number of ether oxygens (including phenoxy) is 1. The van der Waals surface area contributed by atoms with E-state index in [9.17, 15) is 14.4 Å². The first-order valence-corrected chi connectivity index (χ1v) is 11.4. The first-order chi connectivity index (χ1) is 16.0. The minimum atomic E-state index is -0.979. The van der Waals surface area contributed by atoms with Crippen molar-refractivity contribution in [1.29, 1.82) is 0 Å². The molecule has 0 unspecified atom stereocenters. The van der Waals surface area contributed by atoms with Gasteiger partial charge < -0.3 is 14.8 Å². The molecule has 8 heteroatoms. The van der Waals surface area contributed by atoms with Crippen molar-refractivity contribution in [2.45, 2.75) is 32.5 Å². The monoisotopic (exact) mass is 462 g/mol. The van der Waals surface area contributed by atoms with Gasteiger partial charge in [-0.25, -0.2) is 9.78 Å². The summed E-state index contributed by atoms with van der Waals surface area (Å²) >= 11 is 1.30. The number of ketones is 1. The molecular formula is C25H22N2O5S. The van der Waals surface area contributed by atoms with E-state index in [0.717, 1.165) is 12.0 Å². The molecule has 0 aliphatic carbocycles. The van der Waals surface area contributed by atoms with Gasteiger partial charge in [-0.05, 0) is 41.5 Å². The Bertz CT molecular complexity index is 1330. The number of Topliss-reactive ketones (excluding diaryl/α,β-unsaturated/α-hetero) is 1. The van der Waals surface area contributed by atoms with Crippen LogP contribution in [-0.2, 0) is 24.4 Å². The summed E-state index contributed by atoms with van der Waals surface area (Å²) < 4.78 is 5.71. The quantitative estimate of drug-likeness (QED) is 0.333. The van der Waals surface area contributed by atoms with Crippen LogP contribution in [0.15, 0.2) is 64.8 Å². The third-order valence-corrected chi connectivity index (χ3v) is 6.14. The maximum Gasteiger partial charge on any atom is 0.335 e. The molecule has 0 radical (unpaired) electrons. The van der Waals surface area contributed by atoms with E-state index >= 15 is 0 Å². The largest absolute Gasteiger partial charge is 0.478 e. The van der Waals surface area contributed by atoms with Gasteiger partial charge in [-0.2, -0.15) is 0 Å². The number of carboxylic acid groups (broad SMARTS) is 1. The Balaban J connectivity index is 1.37. The molecule has 2 aromatic carbocycles. The van der Waals surface area contributed by atoms with Crippen molar-refractivity contribution in [3.8, 4) is 0 Å². The number of nitrogens with zero attached hydrogens (tertiary/aromatic N) is 1. The molecule has 0 saturated heterocycles. The van der Waals surface area contributed by atoms with Crippen molar-refractivity contribution in [2.24, 2.45) is 0 Å². The Hall–Kier alpha value is -3.62. The number of hydrogen-bond acceptors (Lipinski definition) is 6. The molecule has 0 aliphatic heterocycles. The molecule has 0 spiro atoms. The Morgan fingerprint density at radius 3 is 2.48 bits per heavy atom. The van der Waals surface area contributed by atoms with Crippen LogP contribution in [0.5, 0.6) is 0 Å². The van der Waals surface area contributed by atoms with Crippen LogP contribution in [0.1, 0.15) is 50.5 Å². The fourth-order valence-corrected chi connectivity index (χ4v) is 4.41. The predicted octanol–water partition coefficient (Wildman–Crippen LogP) is 4.61. The standard InChI is InChI=1S/C25H22N2O5S/c28-20(8-4-7-16-5-2-1-3-6-16)22-26-23(29)21-19(15-33-24(21)27-22)14-32-13-17-9-11-18(12-10-17)25(30)31/h1-3,5-6,9-12,15H,4,7-8,13-14H2,(H,30,31)(H,26,27,29). The molecule has 0 amide bonds. The normalized spacial score (nSPS) is 11.0. The minimum Gasteiger partial charge on any atom is -0.478 e. The van der Waals surface area contributed by atoms with E-state index in [0.29, 0.717) is 28.6 Å². The first-order valence-electron chi connectivity index (χ1n) is 10.5. The molecule has 0 saturated carbocycles. The van der Waals surface area contributed by atoms with Gasteiger partial charge in [0.1, 0.15) is 4.83 Å². The lowest BCUT2D eigenvalue weighted by atomic mass is 10.1. The number of carbonyl (C=O) groups excluding carboxylic acids is 1. The highest BCUT2D eigenvalue weighted by Gasteiger charge is 2.15. The topological polar surface area (TPSA) is 109 Å². The van der Waals surface area contributed by atoms with Gasteiger partial charge in [0, 0.05) is 12.0 Å². The Labute approximate surface area is 193 Å². The zero-order valence-electron chi connectivity index (χ0n) is 17.7. The summed E-state index contributed by atoms with van der Waals surface area (Å²) in [7, 11) is 0. The number of aromatic nitrogens is 2. The molecule has 0 aliphatic rings. The van der Waals surface area contributed by atoms with Gasteiger partial charge >= 0.3 is 5.97 Å². The van der Waals surface area contributed by atoms with Gasteiger partial charge in [0.15, 0.2) is 11.6 Å². The third-order valence-electron chi connectivity index (χ3n) is 5.22. The fraction of sp³-hybridized carbons (Fsp3) is 0.200. The van der Waals surface area contributed by atoms with E-state index in [4.69, 9.17) is 9.84 Å². The lowest BCUT2D eigenvalue weighted by Crippen LogP contribution is -2.16. The summed E-state index contributed by atoms with van der Waals surface area (Å²) in [6, 6.07) is 16.4. The Kier molecular flexibility index (Phi) is 7.07. The molecule has 0 bridgehead atoms. The van der Waals surface area contributed by atoms with Crippen LogP contribution in [0.3, 0.4) is 0 Å². The summed E-state index contributed by atoms with van der Waals surface area (Å²) in [5, 5.41) is 11.2. The predicted molar refractivity (Wildman–Crippen MR) is 126 cm³/mol. The minimum absolute atomic E-state index is 0.0911. The summed E-state index contributed by atoms with van der Waals surface area (Å²) in [5.74, 6) is -1.07. The van der Waals surface area contributed by atoms with Crippen LogP contribution < -0.4 is 5.56 Å². The van der Waals surface area contributed by atoms with E-state index in [1.807, 2.05) is 35.7 Å². The van der Waals surface area contributed by atoms with Gasteiger partial charge in [0.2, 0.25) is 0 Å². The molecule has 2 N–H and O–H groups in total. The number of aromatic carboxylic acids is 1. The number of H-pyrrole nitrogens is 1. The fourth-order valence-electron chi connectivity index (χ4n) is 3.48. The first kappa shape index (κ1) is 22.6. The molecule has 0 atom stereocenters. The number of aryl methyl sites for hydroxylation is 1. The zero-order valence-corrected chi connectivity index (χ0v) is 18.6. The van der Waals surface area contributed by atoms with Gasteiger partial charge in [-0.15, -0.1) is 11.3 Å². The molecule has 2 heterocycles. The van der Waals surface area contributed by atoms with Crippen LogP contribution in [0.25, 0.3) is 10.2 Å². The molecule has 4 aromatic rings. The van der Waals surface area contributed by atoms with Crippen molar-refractivity contribution in [3.05, 3.63) is 98.4 Å². The number of carboxylic acids is 1. The second-order valence-corrected chi connectivity index (χ2v) is 8.47. The van der Waals surface area contributed by atoms with Gasteiger partial charge in [-0.3, -0.25) is 9.59 Å². The van der Waals surface area contributed by atoms with Crippen LogP contribution in [-0.4, -0.2) is 26.8 Å². The lowest BCUT2D eigenvalue weighted by molar-refractivity contribution is 0.0696. The summed E-state index contributed by atoms with van der Waals surface area (Å²) in [5.41, 5.74) is 2.56.